The van der Waals surface area contributed by atoms with Crippen molar-refractivity contribution in [2.24, 2.45) is 5.92 Å². The van der Waals surface area contributed by atoms with Gasteiger partial charge in [-0.25, -0.2) is 0 Å². The summed E-state index contributed by atoms with van der Waals surface area (Å²) in [5.74, 6) is 0.981. The van der Waals surface area contributed by atoms with Crippen LogP contribution in [0.15, 0.2) is 0 Å². The predicted octanol–water partition coefficient (Wildman–Crippen LogP) is 2.02. The highest BCUT2D eigenvalue weighted by molar-refractivity contribution is 5.78. The summed E-state index contributed by atoms with van der Waals surface area (Å²) in [6.45, 7) is 7.89. The fraction of sp³-hybridized carbons (Fsp3) is 0.923. The maximum Gasteiger partial charge on any atom is 0.236 e. The highest BCUT2D eigenvalue weighted by Gasteiger charge is 2.19. The summed E-state index contributed by atoms with van der Waals surface area (Å²) in [5, 5.41) is 3.17. The van der Waals surface area contributed by atoms with Gasteiger partial charge in [-0.3, -0.25) is 4.79 Å². The molecule has 1 aliphatic rings. The van der Waals surface area contributed by atoms with Crippen molar-refractivity contribution in [3.63, 3.8) is 0 Å². The number of rotatable bonds is 6. The molecule has 1 fully saturated rings. The van der Waals surface area contributed by atoms with Crippen molar-refractivity contribution in [1.29, 1.82) is 0 Å². The highest BCUT2D eigenvalue weighted by atomic mass is 16.2. The lowest BCUT2D eigenvalue weighted by Gasteiger charge is -2.25. The average molecular weight is 226 g/mol. The second-order valence-electron chi connectivity index (χ2n) is 4.79. The molecule has 1 heterocycles. The summed E-state index contributed by atoms with van der Waals surface area (Å²) in [5.41, 5.74) is 0. The number of carbonyl (C=O) groups is 1. The smallest absolute Gasteiger partial charge is 0.236 e. The summed E-state index contributed by atoms with van der Waals surface area (Å²) in [6, 6.07) is 0. The third-order valence-electron chi connectivity index (χ3n) is 3.43. The zero-order valence-corrected chi connectivity index (χ0v) is 10.8. The van der Waals surface area contributed by atoms with Gasteiger partial charge < -0.3 is 10.2 Å². The Kier molecular flexibility index (Phi) is 6.46. The molecular weight excluding hydrogens is 200 g/mol. The van der Waals surface area contributed by atoms with Crippen molar-refractivity contribution >= 4 is 5.91 Å². The highest BCUT2D eigenvalue weighted by Crippen LogP contribution is 2.15. The van der Waals surface area contributed by atoms with Crippen molar-refractivity contribution in [3.05, 3.63) is 0 Å². The summed E-state index contributed by atoms with van der Waals surface area (Å²) < 4.78 is 0. The van der Waals surface area contributed by atoms with Crippen LogP contribution in [0.5, 0.6) is 0 Å². The van der Waals surface area contributed by atoms with Crippen LogP contribution in [0.25, 0.3) is 0 Å². The maximum absolute atomic E-state index is 11.8. The Hall–Kier alpha value is -0.570. The number of hydrogen-bond acceptors (Lipinski definition) is 2. The van der Waals surface area contributed by atoms with E-state index in [1.54, 1.807) is 0 Å². The minimum Gasteiger partial charge on any atom is -0.341 e. The maximum atomic E-state index is 11.8. The van der Waals surface area contributed by atoms with E-state index in [-0.39, 0.29) is 5.91 Å². The summed E-state index contributed by atoms with van der Waals surface area (Å²) in [6.07, 6.45) is 6.10. The van der Waals surface area contributed by atoms with E-state index in [1.807, 2.05) is 0 Å². The van der Waals surface area contributed by atoms with Gasteiger partial charge in [-0.2, -0.15) is 0 Å². The molecule has 3 heteroatoms. The molecule has 0 spiro atoms. The van der Waals surface area contributed by atoms with Gasteiger partial charge in [-0.1, -0.05) is 33.1 Å². The molecule has 1 amide bonds. The van der Waals surface area contributed by atoms with Crippen LogP contribution in [-0.2, 0) is 4.79 Å². The van der Waals surface area contributed by atoms with Crippen molar-refractivity contribution < 1.29 is 4.79 Å². The molecule has 1 atom stereocenters. The lowest BCUT2D eigenvalue weighted by atomic mass is 9.98. The second kappa shape index (κ2) is 7.66. The number of amides is 1. The van der Waals surface area contributed by atoms with Crippen LogP contribution < -0.4 is 5.32 Å². The van der Waals surface area contributed by atoms with E-state index in [4.69, 9.17) is 0 Å². The molecule has 0 bridgehead atoms. The zero-order valence-electron chi connectivity index (χ0n) is 10.8. The van der Waals surface area contributed by atoms with E-state index in [0.29, 0.717) is 12.5 Å². The number of nitrogens with zero attached hydrogens (tertiary/aromatic N) is 1. The molecular formula is C13H26N2O. The van der Waals surface area contributed by atoms with Crippen LogP contribution in [0, 0.1) is 5.92 Å². The van der Waals surface area contributed by atoms with Gasteiger partial charge in [0.05, 0.1) is 6.54 Å². The Bertz CT molecular complexity index is 206. The lowest BCUT2D eigenvalue weighted by molar-refractivity contribution is -0.130. The van der Waals surface area contributed by atoms with Crippen LogP contribution in [0.2, 0.25) is 0 Å². The van der Waals surface area contributed by atoms with Gasteiger partial charge in [0.15, 0.2) is 0 Å². The van der Waals surface area contributed by atoms with Crippen LogP contribution >= 0.6 is 0 Å². The number of nitrogens with one attached hydrogen (secondary N) is 1. The standard InChI is InChI=1S/C13H26N2O/c1-3-5-7-12(4-2)11-15-9-6-8-14-10-13(15)16/h12,14H,3-11H2,1-2H3. The third-order valence-corrected chi connectivity index (χ3v) is 3.43. The Morgan fingerprint density at radius 3 is 2.94 bits per heavy atom. The molecule has 1 unspecified atom stereocenters. The van der Waals surface area contributed by atoms with E-state index in [1.165, 1.54) is 25.7 Å². The molecule has 1 N–H and O–H groups in total. The Morgan fingerprint density at radius 2 is 2.25 bits per heavy atom. The average Bonchev–Trinajstić information content (AvgIpc) is 2.50. The molecule has 0 saturated carbocycles. The Morgan fingerprint density at radius 1 is 1.44 bits per heavy atom. The van der Waals surface area contributed by atoms with E-state index in [2.05, 4.69) is 24.1 Å². The molecule has 3 nitrogen and oxygen atoms in total. The van der Waals surface area contributed by atoms with Crippen molar-refractivity contribution in [1.82, 2.24) is 10.2 Å². The van der Waals surface area contributed by atoms with Crippen LogP contribution in [-0.4, -0.2) is 37.0 Å². The number of hydrogen-bond donors (Lipinski definition) is 1. The summed E-state index contributed by atoms with van der Waals surface area (Å²) in [7, 11) is 0. The second-order valence-corrected chi connectivity index (χ2v) is 4.79. The minimum absolute atomic E-state index is 0.285. The molecule has 0 radical (unpaired) electrons. The number of carbonyl (C=O) groups excluding carboxylic acids is 1. The molecule has 1 saturated heterocycles. The van der Waals surface area contributed by atoms with Crippen LogP contribution in [0.4, 0.5) is 0 Å². The predicted molar refractivity (Wildman–Crippen MR) is 67.4 cm³/mol. The van der Waals surface area contributed by atoms with Crippen LogP contribution in [0.3, 0.4) is 0 Å². The molecule has 0 aromatic carbocycles. The summed E-state index contributed by atoms with van der Waals surface area (Å²) in [4.78, 5) is 13.9. The van der Waals surface area contributed by atoms with Crippen molar-refractivity contribution in [3.8, 4) is 0 Å². The normalized spacial score (nSPS) is 19.6. The minimum atomic E-state index is 0.285. The molecule has 1 aliphatic heterocycles. The first-order valence-corrected chi connectivity index (χ1v) is 6.76. The Balaban J connectivity index is 2.38. The third kappa shape index (κ3) is 4.52. The lowest BCUT2D eigenvalue weighted by Crippen LogP contribution is -2.38. The first-order chi connectivity index (χ1) is 7.77. The van der Waals surface area contributed by atoms with Gasteiger partial charge >= 0.3 is 0 Å². The van der Waals surface area contributed by atoms with E-state index < -0.39 is 0 Å². The first kappa shape index (κ1) is 13.5. The topological polar surface area (TPSA) is 32.3 Å². The van der Waals surface area contributed by atoms with Gasteiger partial charge in [0.1, 0.15) is 0 Å². The van der Waals surface area contributed by atoms with Gasteiger partial charge in [0.2, 0.25) is 5.91 Å². The molecule has 1 rings (SSSR count). The van der Waals surface area contributed by atoms with Crippen molar-refractivity contribution in [2.45, 2.75) is 46.0 Å². The first-order valence-electron chi connectivity index (χ1n) is 6.76. The monoisotopic (exact) mass is 226 g/mol. The van der Waals surface area contributed by atoms with E-state index in [0.717, 1.165) is 26.1 Å². The number of unbranched alkanes of at least 4 members (excludes halogenated alkanes) is 1. The molecule has 16 heavy (non-hydrogen) atoms. The van der Waals surface area contributed by atoms with Gasteiger partial charge in [-0.15, -0.1) is 0 Å². The van der Waals surface area contributed by atoms with Gasteiger partial charge in [-0.05, 0) is 25.3 Å². The zero-order chi connectivity index (χ0) is 11.8. The van der Waals surface area contributed by atoms with E-state index in [9.17, 15) is 4.79 Å². The molecule has 0 aliphatic carbocycles. The quantitative estimate of drug-likeness (QED) is 0.751. The SMILES string of the molecule is CCCCC(CC)CN1CCCNCC1=O. The van der Waals surface area contributed by atoms with Gasteiger partial charge in [0.25, 0.3) is 0 Å². The molecule has 0 aromatic heterocycles. The van der Waals surface area contributed by atoms with Crippen LogP contribution in [0.1, 0.15) is 46.0 Å². The summed E-state index contributed by atoms with van der Waals surface area (Å²) >= 11 is 0. The van der Waals surface area contributed by atoms with E-state index >= 15 is 0 Å². The van der Waals surface area contributed by atoms with Crippen molar-refractivity contribution in [2.75, 3.05) is 26.2 Å². The largest absolute Gasteiger partial charge is 0.341 e. The Labute approximate surface area is 99.6 Å². The fourth-order valence-corrected chi connectivity index (χ4v) is 2.25. The fourth-order valence-electron chi connectivity index (χ4n) is 2.25. The molecule has 0 aromatic rings. The van der Waals surface area contributed by atoms with Gasteiger partial charge in [0, 0.05) is 13.1 Å². The molecule has 94 valence electrons.